The van der Waals surface area contributed by atoms with Crippen molar-refractivity contribution in [3.05, 3.63) is 113 Å². The Hall–Kier alpha value is -5.18. The molecule has 1 aliphatic heterocycles. The number of nitrogens with one attached hydrogen (secondary N) is 1. The van der Waals surface area contributed by atoms with E-state index in [4.69, 9.17) is 9.47 Å². The molecule has 1 aliphatic rings. The van der Waals surface area contributed by atoms with Gasteiger partial charge in [-0.2, -0.15) is 0 Å². The van der Waals surface area contributed by atoms with Gasteiger partial charge in [-0.15, -0.1) is 0 Å². The number of aromatic nitrogens is 1. The molecule has 3 aromatic carbocycles. The van der Waals surface area contributed by atoms with E-state index < -0.39 is 18.1 Å². The average molecular weight is 622 g/mol. The zero-order chi connectivity index (χ0) is 32.5. The summed E-state index contributed by atoms with van der Waals surface area (Å²) in [5, 5.41) is 11.9. The first-order valence-corrected chi connectivity index (χ1v) is 15.6. The SMILES string of the molecule is Cc1cccc(OCCCC(=O)N2CCCc3c(-c4cccc(COC(=O)NC(CC(=O)O)c5cccnc5)c4)cccc32)c1C. The fraction of sp³-hybridized carbons (Fsp3) is 0.297. The van der Waals surface area contributed by atoms with Gasteiger partial charge in [0, 0.05) is 31.0 Å². The number of ether oxygens (including phenoxy) is 2. The summed E-state index contributed by atoms with van der Waals surface area (Å²) in [6.07, 6.45) is 4.84. The molecule has 2 amide bonds. The number of hydrogen-bond donors (Lipinski definition) is 2. The molecular weight excluding hydrogens is 582 g/mol. The van der Waals surface area contributed by atoms with Gasteiger partial charge in [0.2, 0.25) is 5.91 Å². The van der Waals surface area contributed by atoms with Gasteiger partial charge in [0.15, 0.2) is 0 Å². The van der Waals surface area contributed by atoms with Crippen molar-refractivity contribution in [3.63, 3.8) is 0 Å². The predicted molar refractivity (Wildman–Crippen MR) is 176 cm³/mol. The lowest BCUT2D eigenvalue weighted by molar-refractivity contribution is -0.137. The Labute approximate surface area is 269 Å². The summed E-state index contributed by atoms with van der Waals surface area (Å²) < 4.78 is 11.4. The third kappa shape index (κ3) is 8.10. The smallest absolute Gasteiger partial charge is 0.407 e. The third-order valence-corrected chi connectivity index (χ3v) is 8.26. The molecule has 0 radical (unpaired) electrons. The van der Waals surface area contributed by atoms with Crippen molar-refractivity contribution in [2.45, 2.75) is 58.6 Å². The number of alkyl carbamates (subject to hydrolysis) is 1. The highest BCUT2D eigenvalue weighted by molar-refractivity contribution is 5.96. The lowest BCUT2D eigenvalue weighted by atomic mass is 9.91. The number of amides is 2. The van der Waals surface area contributed by atoms with Crippen LogP contribution in [0.4, 0.5) is 10.5 Å². The van der Waals surface area contributed by atoms with E-state index in [0.29, 0.717) is 31.6 Å². The molecule has 0 aliphatic carbocycles. The van der Waals surface area contributed by atoms with Crippen molar-refractivity contribution in [1.82, 2.24) is 10.3 Å². The zero-order valence-corrected chi connectivity index (χ0v) is 26.2. The highest BCUT2D eigenvalue weighted by Crippen LogP contribution is 2.36. The van der Waals surface area contributed by atoms with Crippen molar-refractivity contribution < 1.29 is 29.0 Å². The van der Waals surface area contributed by atoms with Crippen LogP contribution in [0.3, 0.4) is 0 Å². The molecule has 1 atom stereocenters. The Balaban J connectivity index is 1.21. The highest BCUT2D eigenvalue weighted by Gasteiger charge is 2.25. The van der Waals surface area contributed by atoms with Gasteiger partial charge in [-0.3, -0.25) is 14.6 Å². The van der Waals surface area contributed by atoms with Crippen molar-refractivity contribution in [3.8, 4) is 16.9 Å². The molecule has 4 aromatic rings. The van der Waals surface area contributed by atoms with Gasteiger partial charge in [0.25, 0.3) is 0 Å². The number of carboxylic acid groups (broad SMARTS) is 1. The van der Waals surface area contributed by atoms with Gasteiger partial charge in [0.1, 0.15) is 12.4 Å². The third-order valence-electron chi connectivity index (χ3n) is 8.26. The summed E-state index contributed by atoms with van der Waals surface area (Å²) in [7, 11) is 0. The van der Waals surface area contributed by atoms with Crippen molar-refractivity contribution in [2.75, 3.05) is 18.1 Å². The molecule has 2 heterocycles. The van der Waals surface area contributed by atoms with Crippen molar-refractivity contribution in [1.29, 1.82) is 0 Å². The van der Waals surface area contributed by atoms with Gasteiger partial charge < -0.3 is 24.8 Å². The van der Waals surface area contributed by atoms with Crippen LogP contribution >= 0.6 is 0 Å². The van der Waals surface area contributed by atoms with Gasteiger partial charge in [0.05, 0.1) is 19.1 Å². The average Bonchev–Trinajstić information content (AvgIpc) is 3.07. The zero-order valence-electron chi connectivity index (χ0n) is 26.2. The molecular formula is C37H39N3O6. The molecule has 0 fully saturated rings. The number of benzene rings is 3. The minimum atomic E-state index is -1.05. The number of pyridine rings is 1. The summed E-state index contributed by atoms with van der Waals surface area (Å²) in [4.78, 5) is 43.3. The summed E-state index contributed by atoms with van der Waals surface area (Å²) in [6, 6.07) is 22.4. The maximum absolute atomic E-state index is 13.4. The van der Waals surface area contributed by atoms with E-state index in [1.54, 1.807) is 18.3 Å². The van der Waals surface area contributed by atoms with E-state index in [9.17, 15) is 19.5 Å². The Morgan fingerprint density at radius 2 is 1.85 bits per heavy atom. The minimum Gasteiger partial charge on any atom is -0.493 e. The molecule has 2 N–H and O–H groups in total. The second-order valence-corrected chi connectivity index (χ2v) is 11.5. The standard InChI is InChI=1S/C37H39N3O6/c1-25-9-3-16-34(26(25)2)45-20-8-17-35(41)40-19-7-14-31-30(13-5-15-33(31)40)28-11-4-10-27(21-28)24-46-37(44)39-32(22-36(42)43)29-12-6-18-38-23-29/h3-6,9-13,15-16,18,21,23,32H,7-8,14,17,19-20,22,24H2,1-2H3,(H,39,44)(H,42,43). The molecule has 0 saturated carbocycles. The van der Waals surface area contributed by atoms with Gasteiger partial charge >= 0.3 is 12.1 Å². The summed E-state index contributed by atoms with van der Waals surface area (Å²) in [6.45, 7) is 5.27. The van der Waals surface area contributed by atoms with Gasteiger partial charge in [-0.1, -0.05) is 48.5 Å². The van der Waals surface area contributed by atoms with Crippen LogP contribution < -0.4 is 15.0 Å². The molecule has 0 spiro atoms. The first kappa shape index (κ1) is 32.2. The lowest BCUT2D eigenvalue weighted by Gasteiger charge is -2.31. The van der Waals surface area contributed by atoms with Crippen LogP contribution in [0.25, 0.3) is 11.1 Å². The van der Waals surface area contributed by atoms with E-state index >= 15 is 0 Å². The first-order valence-electron chi connectivity index (χ1n) is 15.6. The molecule has 238 valence electrons. The number of nitrogens with zero attached hydrogens (tertiary/aromatic N) is 2. The highest BCUT2D eigenvalue weighted by atomic mass is 16.5. The second-order valence-electron chi connectivity index (χ2n) is 11.5. The number of rotatable bonds is 12. The fourth-order valence-corrected chi connectivity index (χ4v) is 5.75. The van der Waals surface area contributed by atoms with E-state index in [0.717, 1.165) is 52.1 Å². The Bertz CT molecular complexity index is 1690. The first-order chi connectivity index (χ1) is 22.3. The fourth-order valence-electron chi connectivity index (χ4n) is 5.75. The van der Waals surface area contributed by atoms with E-state index in [-0.39, 0.29) is 18.9 Å². The monoisotopic (exact) mass is 621 g/mol. The molecule has 5 rings (SSSR count). The van der Waals surface area contributed by atoms with E-state index in [1.807, 2.05) is 60.4 Å². The Morgan fingerprint density at radius 3 is 2.65 bits per heavy atom. The van der Waals surface area contributed by atoms with Gasteiger partial charge in [-0.25, -0.2) is 4.79 Å². The Morgan fingerprint density at radius 1 is 1.02 bits per heavy atom. The molecule has 9 heteroatoms. The number of aryl methyl sites for hydroxylation is 1. The molecule has 0 saturated heterocycles. The number of carbonyl (C=O) groups is 3. The quantitative estimate of drug-likeness (QED) is 0.164. The summed E-state index contributed by atoms with van der Waals surface area (Å²) in [5.41, 5.74) is 7.73. The van der Waals surface area contributed by atoms with Crippen LogP contribution in [0.5, 0.6) is 5.75 Å². The van der Waals surface area contributed by atoms with Gasteiger partial charge in [-0.05, 0) is 96.3 Å². The van der Waals surface area contributed by atoms with Crippen LogP contribution in [0.15, 0.2) is 85.2 Å². The minimum absolute atomic E-state index is 0.0102. The Kier molecular flexibility index (Phi) is 10.7. The molecule has 46 heavy (non-hydrogen) atoms. The number of carboxylic acids is 1. The second kappa shape index (κ2) is 15.2. The van der Waals surface area contributed by atoms with Crippen LogP contribution in [-0.4, -0.2) is 41.2 Å². The van der Waals surface area contributed by atoms with Crippen LogP contribution in [0, 0.1) is 13.8 Å². The van der Waals surface area contributed by atoms with Crippen LogP contribution in [0.2, 0.25) is 0 Å². The maximum Gasteiger partial charge on any atom is 0.407 e. The maximum atomic E-state index is 13.4. The van der Waals surface area contributed by atoms with Crippen LogP contribution in [0.1, 0.15) is 59.5 Å². The molecule has 1 aromatic heterocycles. The largest absolute Gasteiger partial charge is 0.493 e. The number of anilines is 1. The number of fused-ring (bicyclic) bond motifs is 1. The number of aliphatic carboxylic acids is 1. The lowest BCUT2D eigenvalue weighted by Crippen LogP contribution is -2.35. The van der Waals surface area contributed by atoms with Crippen LogP contribution in [-0.2, 0) is 27.4 Å². The molecule has 0 bridgehead atoms. The summed E-state index contributed by atoms with van der Waals surface area (Å²) in [5.74, 6) is -0.0976. The van der Waals surface area contributed by atoms with Crippen molar-refractivity contribution >= 4 is 23.7 Å². The van der Waals surface area contributed by atoms with E-state index in [2.05, 4.69) is 29.4 Å². The molecule has 1 unspecified atom stereocenters. The number of carbonyl (C=O) groups excluding carboxylic acids is 2. The predicted octanol–water partition coefficient (Wildman–Crippen LogP) is 6.95. The summed E-state index contributed by atoms with van der Waals surface area (Å²) >= 11 is 0. The number of hydrogen-bond acceptors (Lipinski definition) is 6. The molecule has 9 nitrogen and oxygen atoms in total. The van der Waals surface area contributed by atoms with E-state index in [1.165, 1.54) is 11.8 Å². The topological polar surface area (TPSA) is 118 Å². The normalized spacial score (nSPS) is 13.0. The van der Waals surface area contributed by atoms with Crippen molar-refractivity contribution in [2.24, 2.45) is 0 Å².